The predicted octanol–water partition coefficient (Wildman–Crippen LogP) is 3.62. The van der Waals surface area contributed by atoms with Crippen LogP contribution >= 0.6 is 0 Å². The van der Waals surface area contributed by atoms with Gasteiger partial charge in [-0.25, -0.2) is 0 Å². The fourth-order valence-electron chi connectivity index (χ4n) is 3.22. The minimum atomic E-state index is 0.127. The van der Waals surface area contributed by atoms with Crippen LogP contribution in [0, 0.1) is 12.8 Å². The van der Waals surface area contributed by atoms with Gasteiger partial charge in [-0.15, -0.1) is 0 Å². The maximum absolute atomic E-state index is 12.6. The zero-order valence-corrected chi connectivity index (χ0v) is 12.9. The van der Waals surface area contributed by atoms with Gasteiger partial charge in [0.25, 0.3) is 5.91 Å². The summed E-state index contributed by atoms with van der Waals surface area (Å²) in [5, 5.41) is 0. The summed E-state index contributed by atoms with van der Waals surface area (Å²) in [5.74, 6) is 0.982. The van der Waals surface area contributed by atoms with Crippen molar-refractivity contribution in [1.29, 1.82) is 0 Å². The van der Waals surface area contributed by atoms with Crippen LogP contribution in [0.25, 0.3) is 0 Å². The molecule has 3 heteroatoms. The molecule has 1 aromatic carbocycles. The first-order chi connectivity index (χ1) is 9.52. The van der Waals surface area contributed by atoms with Crippen LogP contribution in [-0.2, 0) is 0 Å². The van der Waals surface area contributed by atoms with E-state index in [2.05, 4.69) is 6.92 Å². The smallest absolute Gasteiger partial charge is 0.254 e. The number of carbonyl (C=O) groups is 1. The highest BCUT2D eigenvalue weighted by Gasteiger charge is 2.26. The monoisotopic (exact) mass is 274 g/mol. The molecule has 0 saturated heterocycles. The lowest BCUT2D eigenvalue weighted by molar-refractivity contribution is 0.0674. The van der Waals surface area contributed by atoms with Gasteiger partial charge in [-0.1, -0.05) is 13.3 Å². The van der Waals surface area contributed by atoms with Gasteiger partial charge in [-0.3, -0.25) is 4.79 Å². The number of aryl methyl sites for hydroxylation is 1. The van der Waals surface area contributed by atoms with Crippen molar-refractivity contribution in [2.24, 2.45) is 5.92 Å². The Hall–Kier alpha value is -1.51. The molecule has 1 aliphatic rings. The topological polar surface area (TPSA) is 46.3 Å². The van der Waals surface area contributed by atoms with Gasteiger partial charge in [0.05, 0.1) is 0 Å². The Morgan fingerprint density at radius 3 is 2.50 bits per heavy atom. The minimum Gasteiger partial charge on any atom is -0.399 e. The third-order valence-corrected chi connectivity index (χ3v) is 4.74. The molecule has 1 aliphatic carbocycles. The van der Waals surface area contributed by atoms with Crippen molar-refractivity contribution < 1.29 is 4.79 Å². The lowest BCUT2D eigenvalue weighted by atomic mass is 9.84. The van der Waals surface area contributed by atoms with E-state index in [4.69, 9.17) is 5.73 Å². The Bertz CT molecular complexity index is 476. The molecule has 0 spiro atoms. The van der Waals surface area contributed by atoms with Crippen molar-refractivity contribution in [2.45, 2.75) is 52.0 Å². The van der Waals surface area contributed by atoms with E-state index in [1.165, 1.54) is 19.3 Å². The molecule has 110 valence electrons. The molecule has 0 heterocycles. The number of hydrogen-bond acceptors (Lipinski definition) is 2. The molecular weight excluding hydrogens is 248 g/mol. The van der Waals surface area contributed by atoms with Gasteiger partial charge >= 0.3 is 0 Å². The number of nitrogens with zero attached hydrogens (tertiary/aromatic N) is 1. The van der Waals surface area contributed by atoms with E-state index in [0.29, 0.717) is 11.7 Å². The number of benzene rings is 1. The van der Waals surface area contributed by atoms with Gasteiger partial charge in [0.2, 0.25) is 0 Å². The van der Waals surface area contributed by atoms with Gasteiger partial charge in [-0.2, -0.15) is 0 Å². The van der Waals surface area contributed by atoms with Gasteiger partial charge in [-0.05, 0) is 62.3 Å². The fourth-order valence-corrected chi connectivity index (χ4v) is 3.22. The number of nitrogens with two attached hydrogens (primary N) is 1. The summed E-state index contributed by atoms with van der Waals surface area (Å²) in [7, 11) is 1.94. The summed E-state index contributed by atoms with van der Waals surface area (Å²) in [6.45, 7) is 4.21. The average Bonchev–Trinajstić information content (AvgIpc) is 2.46. The van der Waals surface area contributed by atoms with E-state index in [9.17, 15) is 4.79 Å². The van der Waals surface area contributed by atoms with Crippen LogP contribution in [0.15, 0.2) is 18.2 Å². The first-order valence-electron chi connectivity index (χ1n) is 7.66. The second-order valence-corrected chi connectivity index (χ2v) is 6.07. The minimum absolute atomic E-state index is 0.127. The molecule has 0 aromatic heterocycles. The first kappa shape index (κ1) is 14.9. The van der Waals surface area contributed by atoms with E-state index in [0.717, 1.165) is 29.9 Å². The Balaban J connectivity index is 2.05. The first-order valence-corrected chi connectivity index (χ1v) is 7.66. The lowest BCUT2D eigenvalue weighted by Gasteiger charge is -2.34. The van der Waals surface area contributed by atoms with Gasteiger partial charge in [0.15, 0.2) is 0 Å². The summed E-state index contributed by atoms with van der Waals surface area (Å²) in [4.78, 5) is 14.5. The summed E-state index contributed by atoms with van der Waals surface area (Å²) in [6, 6.07) is 5.92. The summed E-state index contributed by atoms with van der Waals surface area (Å²) >= 11 is 0. The Kier molecular flexibility index (Phi) is 4.69. The van der Waals surface area contributed by atoms with Crippen molar-refractivity contribution in [3.8, 4) is 0 Å². The molecule has 1 saturated carbocycles. The molecule has 1 aromatic rings. The zero-order valence-electron chi connectivity index (χ0n) is 12.9. The lowest BCUT2D eigenvalue weighted by Crippen LogP contribution is -2.39. The standard InChI is InChI=1S/C17H26N2O/c1-4-13-5-8-15(9-6-13)19(3)17(20)16-10-7-14(18)11-12(16)2/h7,10-11,13,15H,4-6,8-9,18H2,1-3H3. The molecule has 1 fully saturated rings. The number of rotatable bonds is 3. The van der Waals surface area contributed by atoms with Crippen LogP contribution in [0.5, 0.6) is 0 Å². The zero-order chi connectivity index (χ0) is 14.7. The molecule has 3 nitrogen and oxygen atoms in total. The third kappa shape index (κ3) is 3.14. The molecule has 2 rings (SSSR count). The fraction of sp³-hybridized carbons (Fsp3) is 0.588. The molecule has 0 aliphatic heterocycles. The quantitative estimate of drug-likeness (QED) is 0.856. The molecule has 0 atom stereocenters. The van der Waals surface area contributed by atoms with Crippen LogP contribution < -0.4 is 5.73 Å². The van der Waals surface area contributed by atoms with Crippen LogP contribution in [0.4, 0.5) is 5.69 Å². The number of anilines is 1. The van der Waals surface area contributed by atoms with Crippen molar-refractivity contribution in [1.82, 2.24) is 4.90 Å². The number of amides is 1. The Labute approximate surface area is 122 Å². The van der Waals surface area contributed by atoms with Crippen molar-refractivity contribution >= 4 is 11.6 Å². The molecule has 1 amide bonds. The largest absolute Gasteiger partial charge is 0.399 e. The van der Waals surface area contributed by atoms with Gasteiger partial charge < -0.3 is 10.6 Å². The van der Waals surface area contributed by atoms with E-state index >= 15 is 0 Å². The average molecular weight is 274 g/mol. The van der Waals surface area contributed by atoms with E-state index in [1.807, 2.05) is 37.1 Å². The molecule has 20 heavy (non-hydrogen) atoms. The number of hydrogen-bond donors (Lipinski definition) is 1. The van der Waals surface area contributed by atoms with E-state index in [-0.39, 0.29) is 5.91 Å². The third-order valence-electron chi connectivity index (χ3n) is 4.74. The van der Waals surface area contributed by atoms with Crippen LogP contribution in [-0.4, -0.2) is 23.9 Å². The van der Waals surface area contributed by atoms with Crippen molar-refractivity contribution in [2.75, 3.05) is 12.8 Å². The van der Waals surface area contributed by atoms with Crippen molar-refractivity contribution in [3.63, 3.8) is 0 Å². The van der Waals surface area contributed by atoms with Crippen LogP contribution in [0.1, 0.15) is 54.9 Å². The Morgan fingerprint density at radius 2 is 1.95 bits per heavy atom. The molecule has 2 N–H and O–H groups in total. The van der Waals surface area contributed by atoms with Gasteiger partial charge in [0, 0.05) is 24.3 Å². The normalized spacial score (nSPS) is 22.6. The van der Waals surface area contributed by atoms with Crippen LogP contribution in [0.3, 0.4) is 0 Å². The van der Waals surface area contributed by atoms with Gasteiger partial charge in [0.1, 0.15) is 0 Å². The van der Waals surface area contributed by atoms with E-state index in [1.54, 1.807) is 0 Å². The van der Waals surface area contributed by atoms with Crippen molar-refractivity contribution in [3.05, 3.63) is 29.3 Å². The molecule has 0 bridgehead atoms. The number of carbonyl (C=O) groups excluding carboxylic acids is 1. The SMILES string of the molecule is CCC1CCC(N(C)C(=O)c2ccc(N)cc2C)CC1. The highest BCUT2D eigenvalue weighted by molar-refractivity contribution is 5.96. The highest BCUT2D eigenvalue weighted by atomic mass is 16.2. The summed E-state index contributed by atoms with van der Waals surface area (Å²) in [6.07, 6.45) is 6.03. The maximum Gasteiger partial charge on any atom is 0.254 e. The summed E-state index contributed by atoms with van der Waals surface area (Å²) < 4.78 is 0. The molecule has 0 unspecified atom stereocenters. The predicted molar refractivity (Wildman–Crippen MR) is 83.7 cm³/mol. The van der Waals surface area contributed by atoms with E-state index < -0.39 is 0 Å². The number of nitrogen functional groups attached to an aromatic ring is 1. The second-order valence-electron chi connectivity index (χ2n) is 6.07. The van der Waals surface area contributed by atoms with Crippen LogP contribution in [0.2, 0.25) is 0 Å². The molecular formula is C17H26N2O. The maximum atomic E-state index is 12.6. The molecule has 0 radical (unpaired) electrons. The second kappa shape index (κ2) is 6.29. The highest BCUT2D eigenvalue weighted by Crippen LogP contribution is 2.29. The Morgan fingerprint density at radius 1 is 1.30 bits per heavy atom. The summed E-state index contributed by atoms with van der Waals surface area (Å²) in [5.41, 5.74) is 8.20.